The van der Waals surface area contributed by atoms with E-state index in [0.717, 1.165) is 0 Å². The topological polar surface area (TPSA) is 6.48 Å². The number of hydrogen-bond acceptors (Lipinski definition) is 2. The lowest BCUT2D eigenvalue weighted by Gasteiger charge is -2.41. The highest BCUT2D eigenvalue weighted by molar-refractivity contribution is 5.64. The number of fused-ring (bicyclic) bond motifs is 1. The van der Waals surface area contributed by atoms with Crippen LogP contribution in [0.15, 0.2) is 78.3 Å². The first-order chi connectivity index (χ1) is 12.7. The van der Waals surface area contributed by atoms with Gasteiger partial charge in [0.05, 0.1) is 11.1 Å². The Kier molecular flexibility index (Phi) is 3.99. The predicted molar refractivity (Wildman–Crippen MR) is 114 cm³/mol. The molecule has 4 rings (SSSR count). The number of nitrogens with zero attached hydrogens (tertiary/aromatic N) is 2. The summed E-state index contributed by atoms with van der Waals surface area (Å²) in [6.45, 7) is 13.9. The summed E-state index contributed by atoms with van der Waals surface area (Å²) in [5, 5.41) is 0. The van der Waals surface area contributed by atoms with Crippen LogP contribution in [0.2, 0.25) is 0 Å². The zero-order valence-electron chi connectivity index (χ0n) is 17.3. The van der Waals surface area contributed by atoms with Gasteiger partial charge in [0.2, 0.25) is 0 Å². The van der Waals surface area contributed by atoms with Gasteiger partial charge in [-0.25, -0.2) is 0 Å². The third-order valence-corrected chi connectivity index (χ3v) is 6.05. The summed E-state index contributed by atoms with van der Waals surface area (Å²) in [4.78, 5) is 5.06. The molecule has 2 heteroatoms. The van der Waals surface area contributed by atoms with Crippen molar-refractivity contribution in [3.63, 3.8) is 0 Å². The number of para-hydroxylation sites is 1. The van der Waals surface area contributed by atoms with Crippen LogP contribution in [0.1, 0.15) is 45.7 Å². The van der Waals surface area contributed by atoms with Crippen LogP contribution in [-0.2, 0) is 5.41 Å². The normalized spacial score (nSPS) is 24.7. The van der Waals surface area contributed by atoms with Crippen molar-refractivity contribution in [2.75, 3.05) is 4.90 Å². The first kappa shape index (κ1) is 17.9. The van der Waals surface area contributed by atoms with Crippen LogP contribution in [0.25, 0.3) is 0 Å². The third kappa shape index (κ3) is 2.62. The van der Waals surface area contributed by atoms with Gasteiger partial charge < -0.3 is 9.80 Å². The van der Waals surface area contributed by atoms with Crippen molar-refractivity contribution < 1.29 is 0 Å². The molecule has 0 fully saturated rings. The summed E-state index contributed by atoms with van der Waals surface area (Å²) < 4.78 is 0. The van der Waals surface area contributed by atoms with E-state index in [4.69, 9.17) is 0 Å². The Morgan fingerprint density at radius 1 is 0.889 bits per heavy atom. The van der Waals surface area contributed by atoms with E-state index in [9.17, 15) is 0 Å². The second kappa shape index (κ2) is 6.02. The molecule has 2 aromatic rings. The average molecular weight is 359 g/mol. The molecule has 2 heterocycles. The minimum atomic E-state index is -0.105. The minimum Gasteiger partial charge on any atom is -0.327 e. The Morgan fingerprint density at radius 3 is 2.15 bits per heavy atom. The van der Waals surface area contributed by atoms with Crippen LogP contribution in [-0.4, -0.2) is 11.1 Å². The highest BCUT2D eigenvalue weighted by Gasteiger charge is 2.51. The van der Waals surface area contributed by atoms with Gasteiger partial charge in [-0.3, -0.25) is 0 Å². The lowest BCUT2D eigenvalue weighted by Crippen LogP contribution is -2.47. The van der Waals surface area contributed by atoms with Crippen molar-refractivity contribution >= 4 is 5.69 Å². The van der Waals surface area contributed by atoms with Gasteiger partial charge in [0.25, 0.3) is 0 Å². The Balaban J connectivity index is 1.92. The molecule has 0 aromatic heterocycles. The third-order valence-electron chi connectivity index (χ3n) is 6.05. The van der Waals surface area contributed by atoms with E-state index in [1.54, 1.807) is 0 Å². The quantitative estimate of drug-likeness (QED) is 0.630. The van der Waals surface area contributed by atoms with Gasteiger partial charge in [0.15, 0.2) is 0 Å². The van der Waals surface area contributed by atoms with Crippen LogP contribution in [0.4, 0.5) is 5.69 Å². The van der Waals surface area contributed by atoms with E-state index >= 15 is 0 Å². The van der Waals surface area contributed by atoms with Gasteiger partial charge >= 0.3 is 0 Å². The summed E-state index contributed by atoms with van der Waals surface area (Å²) in [6, 6.07) is 19.6. The number of rotatable bonds is 2. The molecule has 2 unspecified atom stereocenters. The van der Waals surface area contributed by atoms with Gasteiger partial charge in [-0.15, -0.1) is 0 Å². The lowest BCUT2D eigenvalue weighted by atomic mass is 9.80. The second-order valence-corrected chi connectivity index (χ2v) is 9.12. The first-order valence-electron chi connectivity index (χ1n) is 9.84. The summed E-state index contributed by atoms with van der Waals surface area (Å²) in [5.41, 5.74) is 6.71. The number of aryl methyl sites for hydroxylation is 1. The molecule has 0 N–H and O–H groups in total. The van der Waals surface area contributed by atoms with Gasteiger partial charge in [0.1, 0.15) is 6.17 Å². The minimum absolute atomic E-state index is 0.0948. The molecule has 2 aromatic carbocycles. The SMILES string of the molecule is CC1=C2N(C=CC2(C)c2ccccc2)C(C(C)(C)C)N1c1ccccc1C. The maximum absolute atomic E-state index is 2.55. The van der Waals surface area contributed by atoms with Crippen LogP contribution in [0.3, 0.4) is 0 Å². The molecule has 0 radical (unpaired) electrons. The van der Waals surface area contributed by atoms with Crippen LogP contribution in [0.5, 0.6) is 0 Å². The number of hydrogen-bond donors (Lipinski definition) is 0. The molecule has 0 bridgehead atoms. The molecule has 0 saturated heterocycles. The molecule has 2 nitrogen and oxygen atoms in total. The highest BCUT2D eigenvalue weighted by Crippen LogP contribution is 2.52. The zero-order valence-corrected chi connectivity index (χ0v) is 17.3. The summed E-state index contributed by atoms with van der Waals surface area (Å²) >= 11 is 0. The van der Waals surface area contributed by atoms with Crippen molar-refractivity contribution in [2.24, 2.45) is 5.41 Å². The lowest BCUT2D eigenvalue weighted by molar-refractivity contribution is 0.196. The molecule has 0 saturated carbocycles. The van der Waals surface area contributed by atoms with Crippen LogP contribution in [0, 0.1) is 12.3 Å². The van der Waals surface area contributed by atoms with Gasteiger partial charge in [0, 0.05) is 23.0 Å². The molecule has 2 aliphatic rings. The van der Waals surface area contributed by atoms with Crippen molar-refractivity contribution in [1.82, 2.24) is 4.90 Å². The Labute approximate surface area is 163 Å². The number of anilines is 1. The van der Waals surface area contributed by atoms with Crippen LogP contribution < -0.4 is 4.90 Å². The standard InChI is InChI=1S/C25H30N2/c1-18-12-10-11-15-21(18)27-19(2)22-25(6,20-13-8-7-9-14-20)16-17-26(22)23(27)24(3,4)5/h7-17,23H,1-6H3. The molecule has 0 amide bonds. The molecule has 140 valence electrons. The largest absolute Gasteiger partial charge is 0.327 e. The fourth-order valence-corrected chi connectivity index (χ4v) is 4.81. The predicted octanol–water partition coefficient (Wildman–Crippen LogP) is 6.21. The van der Waals surface area contributed by atoms with E-state index in [-0.39, 0.29) is 17.0 Å². The molecular weight excluding hydrogens is 328 g/mol. The maximum atomic E-state index is 2.55. The van der Waals surface area contributed by atoms with Gasteiger partial charge in [-0.05, 0) is 38.0 Å². The van der Waals surface area contributed by atoms with E-state index < -0.39 is 0 Å². The molecule has 27 heavy (non-hydrogen) atoms. The number of benzene rings is 2. The monoisotopic (exact) mass is 358 g/mol. The maximum Gasteiger partial charge on any atom is 0.115 e. The Morgan fingerprint density at radius 2 is 1.52 bits per heavy atom. The smallest absolute Gasteiger partial charge is 0.115 e. The molecule has 0 spiro atoms. The van der Waals surface area contributed by atoms with E-state index in [1.807, 2.05) is 0 Å². The van der Waals surface area contributed by atoms with Crippen molar-refractivity contribution in [2.45, 2.75) is 53.1 Å². The fraction of sp³-hybridized carbons (Fsp3) is 0.360. The molecule has 0 aliphatic carbocycles. The number of allylic oxidation sites excluding steroid dienone is 2. The molecule has 2 aliphatic heterocycles. The Hall–Kier alpha value is -2.48. The fourth-order valence-electron chi connectivity index (χ4n) is 4.81. The van der Waals surface area contributed by atoms with Gasteiger partial charge in [-0.2, -0.15) is 0 Å². The summed E-state index contributed by atoms with van der Waals surface area (Å²) in [7, 11) is 0. The van der Waals surface area contributed by atoms with Crippen molar-refractivity contribution in [1.29, 1.82) is 0 Å². The summed E-state index contributed by atoms with van der Waals surface area (Å²) in [5.74, 6) is 0. The Bertz CT molecular complexity index is 917. The molecule has 2 atom stereocenters. The molecular formula is C25H30N2. The van der Waals surface area contributed by atoms with E-state index in [0.29, 0.717) is 0 Å². The average Bonchev–Trinajstić information content (AvgIpc) is 3.13. The van der Waals surface area contributed by atoms with Crippen LogP contribution >= 0.6 is 0 Å². The van der Waals surface area contributed by atoms with Crippen molar-refractivity contribution in [3.8, 4) is 0 Å². The van der Waals surface area contributed by atoms with E-state index in [1.165, 1.54) is 28.2 Å². The zero-order chi connectivity index (χ0) is 19.4. The van der Waals surface area contributed by atoms with Crippen molar-refractivity contribution in [3.05, 3.63) is 89.4 Å². The van der Waals surface area contributed by atoms with E-state index in [2.05, 4.69) is 118 Å². The first-order valence-corrected chi connectivity index (χ1v) is 9.84. The summed E-state index contributed by atoms with van der Waals surface area (Å²) in [6.07, 6.45) is 4.94. The highest BCUT2D eigenvalue weighted by atomic mass is 15.4. The van der Waals surface area contributed by atoms with Gasteiger partial charge in [-0.1, -0.05) is 75.4 Å². The second-order valence-electron chi connectivity index (χ2n) is 9.12.